The number of hydrogen-bond donors (Lipinski definition) is 1. The number of aliphatic carboxylic acids is 1. The number of rotatable bonds is 5. The van der Waals surface area contributed by atoms with Crippen LogP contribution in [0.4, 0.5) is 0 Å². The number of carboxylic acids is 1. The van der Waals surface area contributed by atoms with Crippen LogP contribution in [-0.4, -0.2) is 24.0 Å². The predicted octanol–water partition coefficient (Wildman–Crippen LogP) is 0.984. The van der Waals surface area contributed by atoms with E-state index < -0.39 is 12.3 Å². The minimum atomic E-state index is -1.17. The van der Waals surface area contributed by atoms with Gasteiger partial charge in [0.1, 0.15) is 0 Å². The Morgan fingerprint density at radius 2 is 2.27 bits per heavy atom. The van der Waals surface area contributed by atoms with Crippen LogP contribution in [0, 0.1) is 0 Å². The Kier molecular flexibility index (Phi) is 4.29. The Hall–Kier alpha value is -1.03. The van der Waals surface area contributed by atoms with E-state index in [1.54, 1.807) is 13.8 Å². The summed E-state index contributed by atoms with van der Waals surface area (Å²) < 4.78 is 9.65. The summed E-state index contributed by atoms with van der Waals surface area (Å²) >= 11 is 0. The van der Waals surface area contributed by atoms with Crippen LogP contribution in [0.5, 0.6) is 0 Å². The molecule has 64 valence electrons. The lowest BCUT2D eigenvalue weighted by molar-refractivity contribution is -0.147. The van der Waals surface area contributed by atoms with Gasteiger partial charge in [-0.05, 0) is 20.4 Å². The van der Waals surface area contributed by atoms with Crippen molar-refractivity contribution in [3.8, 4) is 0 Å². The third-order valence-electron chi connectivity index (χ3n) is 0.948. The zero-order valence-electron chi connectivity index (χ0n) is 6.66. The molecule has 0 bridgehead atoms. The maximum atomic E-state index is 10.2. The van der Waals surface area contributed by atoms with Gasteiger partial charge in [-0.25, -0.2) is 4.79 Å². The molecule has 0 aliphatic carbocycles. The van der Waals surface area contributed by atoms with E-state index in [0.29, 0.717) is 6.61 Å². The summed E-state index contributed by atoms with van der Waals surface area (Å²) in [4.78, 5) is 10.2. The second-order valence-corrected chi connectivity index (χ2v) is 1.87. The number of carbonyl (C=O) groups is 1. The molecule has 0 spiro atoms. The molecule has 11 heavy (non-hydrogen) atoms. The fraction of sp³-hybridized carbons (Fsp3) is 0.571. The number of carboxylic acid groups (broad SMARTS) is 1. The van der Waals surface area contributed by atoms with Gasteiger partial charge in [-0.2, -0.15) is 0 Å². The SMILES string of the molecule is C=C(OC(C)OCC)C(=O)O. The number of hydrogen-bond acceptors (Lipinski definition) is 3. The van der Waals surface area contributed by atoms with E-state index in [4.69, 9.17) is 14.6 Å². The van der Waals surface area contributed by atoms with Crippen LogP contribution in [0.2, 0.25) is 0 Å². The lowest BCUT2D eigenvalue weighted by atomic mass is 10.5. The fourth-order valence-corrected chi connectivity index (χ4v) is 0.519. The lowest BCUT2D eigenvalue weighted by Crippen LogP contribution is -2.15. The van der Waals surface area contributed by atoms with Gasteiger partial charge in [0.2, 0.25) is 0 Å². The van der Waals surface area contributed by atoms with E-state index in [0.717, 1.165) is 0 Å². The standard InChI is InChI=1S/C7H12O4/c1-4-10-6(3)11-5(2)7(8)9/h6H,2,4H2,1,3H3,(H,8,9). The van der Waals surface area contributed by atoms with Crippen molar-refractivity contribution in [2.45, 2.75) is 20.1 Å². The van der Waals surface area contributed by atoms with E-state index in [-0.39, 0.29) is 5.76 Å². The molecule has 0 fully saturated rings. The average Bonchev–Trinajstić information content (AvgIpc) is 1.87. The molecule has 4 nitrogen and oxygen atoms in total. The van der Waals surface area contributed by atoms with E-state index in [1.165, 1.54) is 0 Å². The Morgan fingerprint density at radius 1 is 1.73 bits per heavy atom. The van der Waals surface area contributed by atoms with E-state index in [1.807, 2.05) is 0 Å². The molecule has 1 atom stereocenters. The minimum Gasteiger partial charge on any atom is -0.475 e. The smallest absolute Gasteiger partial charge is 0.370 e. The Morgan fingerprint density at radius 3 is 2.64 bits per heavy atom. The molecule has 1 N–H and O–H groups in total. The van der Waals surface area contributed by atoms with E-state index in [9.17, 15) is 4.79 Å². The van der Waals surface area contributed by atoms with E-state index in [2.05, 4.69) is 6.58 Å². The summed E-state index contributed by atoms with van der Waals surface area (Å²) in [6.45, 7) is 7.06. The van der Waals surface area contributed by atoms with Gasteiger partial charge < -0.3 is 14.6 Å². The normalized spacial score (nSPS) is 12.2. The van der Waals surface area contributed by atoms with Gasteiger partial charge in [-0.15, -0.1) is 0 Å². The lowest BCUT2D eigenvalue weighted by Gasteiger charge is -2.12. The molecule has 0 saturated heterocycles. The van der Waals surface area contributed by atoms with Crippen molar-refractivity contribution in [1.82, 2.24) is 0 Å². The maximum Gasteiger partial charge on any atom is 0.370 e. The second kappa shape index (κ2) is 4.73. The number of ether oxygens (including phenoxy) is 2. The molecule has 1 unspecified atom stereocenters. The summed E-state index contributed by atoms with van der Waals surface area (Å²) in [6, 6.07) is 0. The van der Waals surface area contributed by atoms with Crippen molar-refractivity contribution in [3.63, 3.8) is 0 Å². The van der Waals surface area contributed by atoms with Crippen LogP contribution in [0.25, 0.3) is 0 Å². The summed E-state index contributed by atoms with van der Waals surface area (Å²) in [5.74, 6) is -1.47. The molecule has 0 aliphatic rings. The predicted molar refractivity (Wildman–Crippen MR) is 38.9 cm³/mol. The third kappa shape index (κ3) is 4.38. The van der Waals surface area contributed by atoms with Crippen molar-refractivity contribution < 1.29 is 19.4 Å². The van der Waals surface area contributed by atoms with Crippen molar-refractivity contribution in [2.75, 3.05) is 6.61 Å². The van der Waals surface area contributed by atoms with Crippen molar-refractivity contribution >= 4 is 5.97 Å². The van der Waals surface area contributed by atoms with Gasteiger partial charge in [0.25, 0.3) is 0 Å². The minimum absolute atomic E-state index is 0.300. The maximum absolute atomic E-state index is 10.2. The second-order valence-electron chi connectivity index (χ2n) is 1.87. The van der Waals surface area contributed by atoms with Crippen LogP contribution >= 0.6 is 0 Å². The highest BCUT2D eigenvalue weighted by atomic mass is 16.7. The first-order chi connectivity index (χ1) is 5.07. The zero-order valence-corrected chi connectivity index (χ0v) is 6.66. The molecule has 0 amide bonds. The molecule has 0 aliphatic heterocycles. The summed E-state index contributed by atoms with van der Waals surface area (Å²) in [6.07, 6.45) is -0.552. The van der Waals surface area contributed by atoms with Gasteiger partial charge in [0.15, 0.2) is 12.0 Å². The van der Waals surface area contributed by atoms with Crippen LogP contribution in [0.3, 0.4) is 0 Å². The van der Waals surface area contributed by atoms with Gasteiger partial charge in [-0.1, -0.05) is 0 Å². The van der Waals surface area contributed by atoms with Gasteiger partial charge in [0.05, 0.1) is 0 Å². The topological polar surface area (TPSA) is 55.8 Å². The van der Waals surface area contributed by atoms with Crippen LogP contribution < -0.4 is 0 Å². The van der Waals surface area contributed by atoms with Gasteiger partial charge >= 0.3 is 5.97 Å². The van der Waals surface area contributed by atoms with Crippen LogP contribution in [0.15, 0.2) is 12.3 Å². The third-order valence-corrected chi connectivity index (χ3v) is 0.948. The molecule has 0 aromatic rings. The Bertz CT molecular complexity index is 153. The molecule has 4 heteroatoms. The molecular formula is C7H12O4. The van der Waals surface area contributed by atoms with Gasteiger partial charge in [0, 0.05) is 6.61 Å². The molecule has 0 radical (unpaired) electrons. The van der Waals surface area contributed by atoms with Gasteiger partial charge in [-0.3, -0.25) is 0 Å². The van der Waals surface area contributed by atoms with Crippen LogP contribution in [-0.2, 0) is 14.3 Å². The fourth-order valence-electron chi connectivity index (χ4n) is 0.519. The van der Waals surface area contributed by atoms with Crippen molar-refractivity contribution in [1.29, 1.82) is 0 Å². The molecule has 0 aromatic heterocycles. The van der Waals surface area contributed by atoms with Crippen LogP contribution in [0.1, 0.15) is 13.8 Å². The molecular weight excluding hydrogens is 148 g/mol. The van der Waals surface area contributed by atoms with Crippen molar-refractivity contribution in [2.24, 2.45) is 0 Å². The summed E-state index contributed by atoms with van der Waals surface area (Å²) in [5.41, 5.74) is 0. The Labute approximate surface area is 65.4 Å². The molecule has 0 heterocycles. The summed E-state index contributed by atoms with van der Waals surface area (Å²) in [5, 5.41) is 8.32. The molecule has 0 aromatic carbocycles. The largest absolute Gasteiger partial charge is 0.475 e. The van der Waals surface area contributed by atoms with E-state index >= 15 is 0 Å². The first-order valence-electron chi connectivity index (χ1n) is 3.28. The first-order valence-corrected chi connectivity index (χ1v) is 3.28. The zero-order chi connectivity index (χ0) is 8.85. The monoisotopic (exact) mass is 160 g/mol. The summed E-state index contributed by atoms with van der Waals surface area (Å²) in [7, 11) is 0. The quantitative estimate of drug-likeness (QED) is 0.370. The molecule has 0 rings (SSSR count). The van der Waals surface area contributed by atoms with Crippen molar-refractivity contribution in [3.05, 3.63) is 12.3 Å². The highest BCUT2D eigenvalue weighted by Gasteiger charge is 2.09. The highest BCUT2D eigenvalue weighted by Crippen LogP contribution is 2.00. The Balaban J connectivity index is 3.66. The first kappa shape index (κ1) is 9.97. The average molecular weight is 160 g/mol. The highest BCUT2D eigenvalue weighted by molar-refractivity contribution is 5.83. The molecule has 0 saturated carbocycles.